The van der Waals surface area contributed by atoms with Crippen LogP contribution in [0.25, 0.3) is 0 Å². The largest absolute Gasteiger partial charge is 0.419 e. The number of likely N-dealkylation sites (tertiary alicyclic amines) is 1. The molecule has 1 saturated heterocycles. The van der Waals surface area contributed by atoms with Crippen molar-refractivity contribution in [2.45, 2.75) is 55.3 Å². The highest BCUT2D eigenvalue weighted by molar-refractivity contribution is 7.90. The summed E-state index contributed by atoms with van der Waals surface area (Å²) < 4.78 is 91.9. The average molecular weight is 545 g/mol. The fourth-order valence-corrected chi connectivity index (χ4v) is 5.46. The van der Waals surface area contributed by atoms with Gasteiger partial charge in [0.25, 0.3) is 5.91 Å². The molecule has 2 aromatic carbocycles. The molecule has 1 aliphatic carbocycles. The maximum atomic E-state index is 14.8. The molecule has 0 spiro atoms. The number of carbonyl (C=O) groups excluding carboxylic acids is 2. The number of benzene rings is 2. The van der Waals surface area contributed by atoms with Crippen LogP contribution in [-0.2, 0) is 20.8 Å². The first kappa shape index (κ1) is 27.0. The highest BCUT2D eigenvalue weighted by Crippen LogP contribution is 2.41. The van der Waals surface area contributed by atoms with E-state index in [-0.39, 0.29) is 41.0 Å². The number of carbonyl (C=O) groups is 2. The van der Waals surface area contributed by atoms with Gasteiger partial charge in [-0.2, -0.15) is 13.2 Å². The first-order valence-corrected chi connectivity index (χ1v) is 13.6. The maximum absolute atomic E-state index is 14.8. The quantitative estimate of drug-likeness (QED) is 0.537. The van der Waals surface area contributed by atoms with Crippen LogP contribution >= 0.6 is 0 Å². The Labute approximate surface area is 210 Å². The molecule has 1 N–H and O–H groups in total. The molecular formula is C25H25F5N2O4S. The van der Waals surface area contributed by atoms with Crippen LogP contribution in [0.4, 0.5) is 22.0 Å². The molecule has 2 amide bonds. The van der Waals surface area contributed by atoms with Crippen LogP contribution in [-0.4, -0.2) is 44.0 Å². The number of amides is 2. The first-order chi connectivity index (χ1) is 17.3. The number of nitrogens with one attached hydrogen (secondary N) is 1. The molecule has 0 bridgehead atoms. The maximum Gasteiger partial charge on any atom is 0.419 e. The van der Waals surface area contributed by atoms with E-state index < -0.39 is 57.1 Å². The first-order valence-electron chi connectivity index (χ1n) is 11.7. The van der Waals surface area contributed by atoms with Gasteiger partial charge in [-0.1, -0.05) is 12.5 Å². The van der Waals surface area contributed by atoms with Crippen molar-refractivity contribution in [3.8, 4) is 0 Å². The fourth-order valence-electron chi connectivity index (χ4n) is 4.80. The molecule has 37 heavy (non-hydrogen) atoms. The number of halogens is 5. The van der Waals surface area contributed by atoms with Gasteiger partial charge in [-0.3, -0.25) is 9.59 Å². The summed E-state index contributed by atoms with van der Waals surface area (Å²) in [5.74, 6) is -4.41. The third-order valence-electron chi connectivity index (χ3n) is 6.97. The predicted molar refractivity (Wildman–Crippen MR) is 123 cm³/mol. The lowest BCUT2D eigenvalue weighted by Crippen LogP contribution is -2.48. The Bertz CT molecular complexity index is 1320. The summed E-state index contributed by atoms with van der Waals surface area (Å²) in [5.41, 5.74) is -2.02. The van der Waals surface area contributed by atoms with Gasteiger partial charge in [-0.25, -0.2) is 17.2 Å². The summed E-state index contributed by atoms with van der Waals surface area (Å²) in [6, 6.07) is 3.98. The number of hydrogen-bond acceptors (Lipinski definition) is 4. The Balaban J connectivity index is 1.59. The summed E-state index contributed by atoms with van der Waals surface area (Å²) >= 11 is 0. The molecule has 200 valence electrons. The second-order valence-electron chi connectivity index (χ2n) is 9.49. The van der Waals surface area contributed by atoms with Gasteiger partial charge >= 0.3 is 6.18 Å². The molecule has 12 heteroatoms. The molecule has 2 aromatic rings. The zero-order chi connectivity index (χ0) is 27.1. The monoisotopic (exact) mass is 544 g/mol. The molecule has 0 unspecified atom stereocenters. The van der Waals surface area contributed by atoms with E-state index in [9.17, 15) is 40.0 Å². The summed E-state index contributed by atoms with van der Waals surface area (Å²) in [6.45, 7) is 0.220. The molecule has 0 radical (unpaired) electrons. The van der Waals surface area contributed by atoms with Gasteiger partial charge in [-0.15, -0.1) is 0 Å². The van der Waals surface area contributed by atoms with Crippen LogP contribution in [0.2, 0.25) is 0 Å². The molecule has 6 nitrogen and oxygen atoms in total. The smallest absolute Gasteiger partial charge is 0.347 e. The predicted octanol–water partition coefficient (Wildman–Crippen LogP) is 4.65. The van der Waals surface area contributed by atoms with Gasteiger partial charge in [0.05, 0.1) is 16.5 Å². The Morgan fingerprint density at radius 3 is 2.32 bits per heavy atom. The van der Waals surface area contributed by atoms with E-state index in [2.05, 4.69) is 5.32 Å². The van der Waals surface area contributed by atoms with Gasteiger partial charge in [-0.05, 0) is 61.9 Å². The normalized spacial score (nSPS) is 19.4. The topological polar surface area (TPSA) is 83.6 Å². The number of sulfone groups is 1. The van der Waals surface area contributed by atoms with Gasteiger partial charge in [0.2, 0.25) is 5.91 Å². The van der Waals surface area contributed by atoms with Crippen molar-refractivity contribution in [1.29, 1.82) is 0 Å². The number of hydrogen-bond donors (Lipinski definition) is 1. The lowest BCUT2D eigenvalue weighted by molar-refractivity contribution is -0.140. The minimum absolute atomic E-state index is 0.0524. The van der Waals surface area contributed by atoms with E-state index in [1.54, 1.807) is 0 Å². The molecule has 2 atom stereocenters. The highest BCUT2D eigenvalue weighted by Gasteiger charge is 2.40. The number of nitrogens with zero attached hydrogens (tertiary/aromatic N) is 1. The van der Waals surface area contributed by atoms with Gasteiger partial charge in [0.15, 0.2) is 9.84 Å². The van der Waals surface area contributed by atoms with Crippen molar-refractivity contribution in [3.05, 3.63) is 64.7 Å². The zero-order valence-electron chi connectivity index (χ0n) is 19.8. The van der Waals surface area contributed by atoms with Crippen LogP contribution in [0, 0.1) is 17.6 Å². The van der Waals surface area contributed by atoms with Crippen LogP contribution < -0.4 is 5.32 Å². The molecule has 1 saturated carbocycles. The molecule has 1 heterocycles. The SMILES string of the molecule is CS(=O)(=O)c1cccc(C(=O)N2CCC[C@@H]2C(=O)N[C@@H](c2cc(F)c(C(F)(F)F)cc2F)C2CCC2)c1. The molecular weight excluding hydrogens is 519 g/mol. The Kier molecular flexibility index (Phi) is 7.33. The highest BCUT2D eigenvalue weighted by atomic mass is 32.2. The van der Waals surface area contributed by atoms with Gasteiger partial charge in [0, 0.05) is 23.9 Å². The summed E-state index contributed by atoms with van der Waals surface area (Å²) in [6.07, 6.45) is -1.40. The van der Waals surface area contributed by atoms with Crippen molar-refractivity contribution < 1.29 is 40.0 Å². The standard InChI is InChI=1S/C25H25F5N2O4S/c1-37(35,36)16-8-3-7-15(11-16)24(34)32-10-4-9-21(32)23(33)31-22(14-5-2-6-14)17-12-20(27)18(13-19(17)26)25(28,29)30/h3,7-8,11-14,21-22H,2,4-6,9-10H2,1H3,(H,31,33)/t21-,22-/m1/s1. The van der Waals surface area contributed by atoms with Crippen LogP contribution in [0.15, 0.2) is 41.3 Å². The lowest BCUT2D eigenvalue weighted by Gasteiger charge is -2.36. The molecule has 2 fully saturated rings. The second kappa shape index (κ2) is 10.0. The summed E-state index contributed by atoms with van der Waals surface area (Å²) in [7, 11) is -3.57. The zero-order valence-corrected chi connectivity index (χ0v) is 20.6. The lowest BCUT2D eigenvalue weighted by atomic mass is 9.76. The molecule has 2 aliphatic rings. The minimum atomic E-state index is -5.07. The molecule has 4 rings (SSSR count). The van der Waals surface area contributed by atoms with E-state index in [4.69, 9.17) is 0 Å². The van der Waals surface area contributed by atoms with Crippen molar-refractivity contribution in [3.63, 3.8) is 0 Å². The van der Waals surface area contributed by atoms with Crippen molar-refractivity contribution in [2.75, 3.05) is 12.8 Å². The Morgan fingerprint density at radius 1 is 1.03 bits per heavy atom. The van der Waals surface area contributed by atoms with E-state index in [0.717, 1.165) is 12.7 Å². The third-order valence-corrected chi connectivity index (χ3v) is 8.08. The van der Waals surface area contributed by atoms with E-state index in [1.807, 2.05) is 0 Å². The van der Waals surface area contributed by atoms with Crippen molar-refractivity contribution in [2.24, 2.45) is 5.92 Å². The Morgan fingerprint density at radius 2 is 1.73 bits per heavy atom. The van der Waals surface area contributed by atoms with Crippen LogP contribution in [0.3, 0.4) is 0 Å². The minimum Gasteiger partial charge on any atom is -0.347 e. The number of alkyl halides is 3. The molecule has 0 aromatic heterocycles. The number of rotatable bonds is 6. The van der Waals surface area contributed by atoms with Gasteiger partial charge in [0.1, 0.15) is 17.7 Å². The summed E-state index contributed by atoms with van der Waals surface area (Å²) in [4.78, 5) is 27.7. The second-order valence-corrected chi connectivity index (χ2v) is 11.5. The Hall–Kier alpha value is -3.02. The van der Waals surface area contributed by atoms with Crippen molar-refractivity contribution in [1.82, 2.24) is 10.2 Å². The van der Waals surface area contributed by atoms with Crippen LogP contribution in [0.1, 0.15) is 59.6 Å². The van der Waals surface area contributed by atoms with E-state index in [0.29, 0.717) is 25.3 Å². The van der Waals surface area contributed by atoms with Crippen LogP contribution in [0.5, 0.6) is 0 Å². The van der Waals surface area contributed by atoms with E-state index >= 15 is 0 Å². The summed E-state index contributed by atoms with van der Waals surface area (Å²) in [5, 5.41) is 2.66. The average Bonchev–Trinajstić information content (AvgIpc) is 3.27. The molecule has 1 aliphatic heterocycles. The van der Waals surface area contributed by atoms with Gasteiger partial charge < -0.3 is 10.2 Å². The fraction of sp³-hybridized carbons (Fsp3) is 0.440. The third kappa shape index (κ3) is 5.63. The van der Waals surface area contributed by atoms with E-state index in [1.165, 1.54) is 29.2 Å². The van der Waals surface area contributed by atoms with Crippen molar-refractivity contribution >= 4 is 21.7 Å².